The summed E-state index contributed by atoms with van der Waals surface area (Å²) in [4.78, 5) is 44.9. The number of carbonyl (C=O) groups is 3. The van der Waals surface area contributed by atoms with E-state index < -0.39 is 12.1 Å². The van der Waals surface area contributed by atoms with E-state index >= 15 is 0 Å². The summed E-state index contributed by atoms with van der Waals surface area (Å²) in [5, 5.41) is 2.77. The van der Waals surface area contributed by atoms with Gasteiger partial charge in [-0.2, -0.15) is 0 Å². The highest BCUT2D eigenvalue weighted by Gasteiger charge is 2.48. The van der Waals surface area contributed by atoms with Gasteiger partial charge in [-0.3, -0.25) is 19.4 Å². The first-order chi connectivity index (χ1) is 12.6. The molecule has 1 aromatic rings. The smallest absolute Gasteiger partial charge is 0.254 e. The highest BCUT2D eigenvalue weighted by Crippen LogP contribution is 2.39. The van der Waals surface area contributed by atoms with Crippen molar-refractivity contribution in [2.45, 2.75) is 37.5 Å². The minimum atomic E-state index is -0.772. The lowest BCUT2D eigenvalue weighted by Crippen LogP contribution is -2.56. The summed E-state index contributed by atoms with van der Waals surface area (Å²) in [7, 11) is 0. The highest BCUT2D eigenvalue weighted by molar-refractivity contribution is 5.87. The third kappa shape index (κ3) is 3.29. The summed E-state index contributed by atoms with van der Waals surface area (Å²) in [6.07, 6.45) is 4.76. The standard InChI is InChI=1S/C18H22N4O4/c23-14-5-8-21(9-7-20-14)18(25)17-16(12-2-1-6-19-10-12)22(13-3-4-13)15(24)11-26-17/h1-2,6,10,13,16-17H,3-5,7-9,11H2,(H,20,23)/t16-,17+/m1/s1. The lowest BCUT2D eigenvalue weighted by molar-refractivity contribution is -0.170. The average Bonchev–Trinajstić information content (AvgIpc) is 3.50. The minimum Gasteiger partial charge on any atom is -0.356 e. The Balaban J connectivity index is 1.63. The van der Waals surface area contributed by atoms with Gasteiger partial charge in [-0.25, -0.2) is 0 Å². The number of nitrogens with one attached hydrogen (secondary N) is 1. The largest absolute Gasteiger partial charge is 0.356 e. The van der Waals surface area contributed by atoms with Crippen LogP contribution in [-0.4, -0.2) is 70.9 Å². The second-order valence-electron chi connectivity index (χ2n) is 6.92. The molecule has 1 saturated carbocycles. The quantitative estimate of drug-likeness (QED) is 0.812. The van der Waals surface area contributed by atoms with Gasteiger partial charge in [0.25, 0.3) is 5.91 Å². The summed E-state index contributed by atoms with van der Waals surface area (Å²) in [6, 6.07) is 3.37. The molecule has 8 heteroatoms. The summed E-state index contributed by atoms with van der Waals surface area (Å²) >= 11 is 0. The van der Waals surface area contributed by atoms with Gasteiger partial charge in [0.1, 0.15) is 6.61 Å². The van der Waals surface area contributed by atoms with Gasteiger partial charge in [0.05, 0.1) is 6.04 Å². The molecular weight excluding hydrogens is 336 g/mol. The third-order valence-electron chi connectivity index (χ3n) is 5.09. The van der Waals surface area contributed by atoms with Gasteiger partial charge in [-0.05, 0) is 24.5 Å². The van der Waals surface area contributed by atoms with Crippen LogP contribution < -0.4 is 5.32 Å². The van der Waals surface area contributed by atoms with Crippen molar-refractivity contribution >= 4 is 17.7 Å². The van der Waals surface area contributed by atoms with Crippen molar-refractivity contribution in [3.05, 3.63) is 30.1 Å². The molecule has 8 nitrogen and oxygen atoms in total. The van der Waals surface area contributed by atoms with Crippen molar-refractivity contribution in [1.82, 2.24) is 20.1 Å². The molecule has 2 atom stereocenters. The Morgan fingerprint density at radius 1 is 1.27 bits per heavy atom. The molecule has 4 rings (SSSR count). The SMILES string of the molecule is O=C1CCN(C(=O)[C@H]2OCC(=O)N(C3CC3)[C@@H]2c2cccnc2)CCN1. The molecule has 3 amide bonds. The maximum absolute atomic E-state index is 13.2. The van der Waals surface area contributed by atoms with E-state index in [9.17, 15) is 14.4 Å². The lowest BCUT2D eigenvalue weighted by atomic mass is 9.97. The zero-order valence-electron chi connectivity index (χ0n) is 14.5. The molecule has 0 radical (unpaired) electrons. The number of ether oxygens (including phenoxy) is 1. The van der Waals surface area contributed by atoms with Crippen LogP contribution in [0.4, 0.5) is 0 Å². The van der Waals surface area contributed by atoms with Crippen LogP contribution in [0, 0.1) is 0 Å². The fourth-order valence-corrected chi connectivity index (χ4v) is 3.67. The van der Waals surface area contributed by atoms with E-state index in [2.05, 4.69) is 10.3 Å². The van der Waals surface area contributed by atoms with Crippen molar-refractivity contribution in [2.75, 3.05) is 26.2 Å². The Morgan fingerprint density at radius 2 is 2.12 bits per heavy atom. The number of aromatic nitrogens is 1. The Hall–Kier alpha value is -2.48. The number of carbonyl (C=O) groups excluding carboxylic acids is 3. The zero-order chi connectivity index (χ0) is 18.1. The molecule has 3 aliphatic rings. The van der Waals surface area contributed by atoms with E-state index in [-0.39, 0.29) is 36.8 Å². The van der Waals surface area contributed by atoms with Crippen LogP contribution in [0.25, 0.3) is 0 Å². The Kier molecular flexibility index (Phi) is 4.58. The number of hydrogen-bond donors (Lipinski definition) is 1. The van der Waals surface area contributed by atoms with Crippen molar-refractivity contribution < 1.29 is 19.1 Å². The van der Waals surface area contributed by atoms with E-state index in [1.165, 1.54) is 0 Å². The second-order valence-corrected chi connectivity index (χ2v) is 6.92. The first-order valence-electron chi connectivity index (χ1n) is 9.03. The van der Waals surface area contributed by atoms with Gasteiger partial charge >= 0.3 is 0 Å². The molecule has 2 saturated heterocycles. The molecule has 0 aromatic carbocycles. The summed E-state index contributed by atoms with van der Waals surface area (Å²) < 4.78 is 5.73. The summed E-state index contributed by atoms with van der Waals surface area (Å²) in [5.74, 6) is -0.310. The molecule has 2 aliphatic heterocycles. The van der Waals surface area contributed by atoms with Gasteiger partial charge in [0, 0.05) is 44.5 Å². The molecule has 1 aliphatic carbocycles. The molecule has 0 spiro atoms. The average molecular weight is 358 g/mol. The van der Waals surface area contributed by atoms with Gasteiger partial charge < -0.3 is 19.9 Å². The molecule has 1 aromatic heterocycles. The van der Waals surface area contributed by atoms with E-state index in [0.29, 0.717) is 19.6 Å². The van der Waals surface area contributed by atoms with E-state index in [4.69, 9.17) is 4.74 Å². The van der Waals surface area contributed by atoms with E-state index in [0.717, 1.165) is 18.4 Å². The normalized spacial score (nSPS) is 27.1. The van der Waals surface area contributed by atoms with Gasteiger partial charge in [0.15, 0.2) is 6.10 Å². The van der Waals surface area contributed by atoms with Crippen molar-refractivity contribution in [1.29, 1.82) is 0 Å². The molecule has 3 fully saturated rings. The number of hydrogen-bond acceptors (Lipinski definition) is 5. The maximum atomic E-state index is 13.2. The van der Waals surface area contributed by atoms with Crippen molar-refractivity contribution in [3.63, 3.8) is 0 Å². The molecular formula is C18H22N4O4. The molecule has 138 valence electrons. The van der Waals surface area contributed by atoms with Gasteiger partial charge in [0.2, 0.25) is 11.8 Å². The lowest BCUT2D eigenvalue weighted by Gasteiger charge is -2.42. The fourth-order valence-electron chi connectivity index (χ4n) is 3.67. The third-order valence-corrected chi connectivity index (χ3v) is 5.09. The topological polar surface area (TPSA) is 91.8 Å². The Bertz CT molecular complexity index is 706. The zero-order valence-corrected chi connectivity index (χ0v) is 14.5. The molecule has 0 bridgehead atoms. The molecule has 26 heavy (non-hydrogen) atoms. The van der Waals surface area contributed by atoms with Crippen LogP contribution >= 0.6 is 0 Å². The monoisotopic (exact) mass is 358 g/mol. The minimum absolute atomic E-state index is 0.0524. The second kappa shape index (κ2) is 7.03. The molecule has 0 unspecified atom stereocenters. The van der Waals surface area contributed by atoms with Crippen molar-refractivity contribution in [2.24, 2.45) is 0 Å². The fraction of sp³-hybridized carbons (Fsp3) is 0.556. The molecule has 1 N–H and O–H groups in total. The molecule has 3 heterocycles. The summed E-state index contributed by atoms with van der Waals surface area (Å²) in [5.41, 5.74) is 0.801. The number of rotatable bonds is 3. The van der Waals surface area contributed by atoms with Crippen LogP contribution in [0.3, 0.4) is 0 Å². The van der Waals surface area contributed by atoms with Gasteiger partial charge in [-0.15, -0.1) is 0 Å². The van der Waals surface area contributed by atoms with Crippen LogP contribution in [0.15, 0.2) is 24.5 Å². The number of morpholine rings is 1. The Morgan fingerprint density at radius 3 is 2.85 bits per heavy atom. The van der Waals surface area contributed by atoms with Gasteiger partial charge in [-0.1, -0.05) is 6.07 Å². The number of nitrogens with zero attached hydrogens (tertiary/aromatic N) is 3. The number of amides is 3. The van der Waals surface area contributed by atoms with E-state index in [1.807, 2.05) is 11.0 Å². The predicted molar refractivity (Wildman–Crippen MR) is 90.8 cm³/mol. The van der Waals surface area contributed by atoms with Crippen LogP contribution in [0.2, 0.25) is 0 Å². The predicted octanol–water partition coefficient (Wildman–Crippen LogP) is -0.139. The highest BCUT2D eigenvalue weighted by atomic mass is 16.5. The summed E-state index contributed by atoms with van der Waals surface area (Å²) in [6.45, 7) is 1.15. The first kappa shape index (κ1) is 17.0. The van der Waals surface area contributed by atoms with Crippen LogP contribution in [-0.2, 0) is 19.1 Å². The number of pyridine rings is 1. The van der Waals surface area contributed by atoms with Crippen LogP contribution in [0.5, 0.6) is 0 Å². The first-order valence-corrected chi connectivity index (χ1v) is 9.03. The van der Waals surface area contributed by atoms with Crippen molar-refractivity contribution in [3.8, 4) is 0 Å². The van der Waals surface area contributed by atoms with E-state index in [1.54, 1.807) is 23.4 Å². The Labute approximate surface area is 151 Å². The maximum Gasteiger partial charge on any atom is 0.254 e. The van der Waals surface area contributed by atoms with Crippen LogP contribution in [0.1, 0.15) is 30.9 Å².